The summed E-state index contributed by atoms with van der Waals surface area (Å²) >= 11 is 0. The molecule has 1 fully saturated rings. The first kappa shape index (κ1) is 19.3. The molecule has 1 aliphatic heterocycles. The van der Waals surface area contributed by atoms with Gasteiger partial charge in [0.05, 0.1) is 24.1 Å². The van der Waals surface area contributed by atoms with E-state index >= 15 is 0 Å². The molecule has 1 aliphatic carbocycles. The van der Waals surface area contributed by atoms with Crippen molar-refractivity contribution in [3.05, 3.63) is 41.6 Å². The van der Waals surface area contributed by atoms with E-state index in [0.717, 1.165) is 0 Å². The molecule has 1 saturated heterocycles. The molecule has 2 aromatic rings. The van der Waals surface area contributed by atoms with Crippen LogP contribution < -0.4 is 5.32 Å². The Morgan fingerprint density at radius 1 is 1.24 bits per heavy atom. The van der Waals surface area contributed by atoms with Gasteiger partial charge in [-0.1, -0.05) is 6.92 Å². The van der Waals surface area contributed by atoms with Crippen molar-refractivity contribution in [2.45, 2.75) is 19.8 Å². The third-order valence-electron chi connectivity index (χ3n) is 5.25. The van der Waals surface area contributed by atoms with Crippen molar-refractivity contribution < 1.29 is 18.8 Å². The number of anilines is 1. The lowest BCUT2D eigenvalue weighted by molar-refractivity contribution is -0.117. The minimum Gasteiger partial charge on any atom is -0.459 e. The molecule has 2 amide bonds. The van der Waals surface area contributed by atoms with Crippen molar-refractivity contribution in [2.75, 3.05) is 38.0 Å². The summed E-state index contributed by atoms with van der Waals surface area (Å²) in [6, 6.07) is 3.34. The van der Waals surface area contributed by atoms with Gasteiger partial charge in [-0.25, -0.2) is 9.97 Å². The largest absolute Gasteiger partial charge is 0.459 e. The normalized spacial score (nSPS) is 19.7. The number of hydrogen-bond donors (Lipinski definition) is 1. The number of furan rings is 1. The van der Waals surface area contributed by atoms with Crippen LogP contribution in [0, 0.1) is 5.92 Å². The van der Waals surface area contributed by atoms with Crippen LogP contribution in [-0.2, 0) is 11.2 Å². The number of amides is 2. The molecule has 0 saturated carbocycles. The van der Waals surface area contributed by atoms with E-state index in [1.165, 1.54) is 12.5 Å². The quantitative estimate of drug-likeness (QED) is 0.826. The van der Waals surface area contributed by atoms with Crippen molar-refractivity contribution in [3.8, 4) is 0 Å². The number of rotatable bonds is 4. The second kappa shape index (κ2) is 8.12. The van der Waals surface area contributed by atoms with Crippen LogP contribution >= 0.6 is 0 Å². The van der Waals surface area contributed by atoms with E-state index in [9.17, 15) is 14.4 Å². The van der Waals surface area contributed by atoms with Crippen molar-refractivity contribution in [3.63, 3.8) is 0 Å². The monoisotopic (exact) mass is 397 g/mol. The standard InChI is InChI=1S/C20H23N5O4/c1-13-9-15-14(16(26)10-13)11-21-20(22-15)23-18(27)12-24-4-6-25(7-5-24)19(28)17-3-2-8-29-17/h2-3,8,11,13H,4-7,9-10,12H2,1H3,(H,21,22,23,27). The predicted molar refractivity (Wildman–Crippen MR) is 104 cm³/mol. The molecule has 9 heteroatoms. The Hall–Kier alpha value is -3.07. The lowest BCUT2D eigenvalue weighted by Crippen LogP contribution is -2.50. The Kier molecular flexibility index (Phi) is 5.39. The lowest BCUT2D eigenvalue weighted by Gasteiger charge is -2.33. The summed E-state index contributed by atoms with van der Waals surface area (Å²) in [5, 5.41) is 2.72. The van der Waals surface area contributed by atoms with Crippen molar-refractivity contribution in [2.24, 2.45) is 5.92 Å². The fourth-order valence-electron chi connectivity index (χ4n) is 3.73. The van der Waals surface area contributed by atoms with Gasteiger partial charge in [-0.2, -0.15) is 0 Å². The maximum Gasteiger partial charge on any atom is 0.289 e. The van der Waals surface area contributed by atoms with Crippen LogP contribution in [0.25, 0.3) is 0 Å². The molecule has 2 aliphatic rings. The van der Waals surface area contributed by atoms with Gasteiger partial charge < -0.3 is 9.32 Å². The maximum atomic E-state index is 12.4. The molecule has 0 bridgehead atoms. The average molecular weight is 397 g/mol. The number of hydrogen-bond acceptors (Lipinski definition) is 7. The van der Waals surface area contributed by atoms with Gasteiger partial charge in [0.15, 0.2) is 11.5 Å². The van der Waals surface area contributed by atoms with E-state index in [2.05, 4.69) is 15.3 Å². The van der Waals surface area contributed by atoms with Crippen molar-refractivity contribution in [1.82, 2.24) is 19.8 Å². The van der Waals surface area contributed by atoms with E-state index in [0.29, 0.717) is 56.0 Å². The van der Waals surface area contributed by atoms with Gasteiger partial charge in [0.1, 0.15) is 0 Å². The zero-order valence-electron chi connectivity index (χ0n) is 16.3. The molecular formula is C20H23N5O4. The molecule has 29 heavy (non-hydrogen) atoms. The molecule has 0 radical (unpaired) electrons. The SMILES string of the molecule is CC1CC(=O)c2cnc(NC(=O)CN3CCN(C(=O)c4ccco4)CC3)nc2C1. The molecule has 0 spiro atoms. The van der Waals surface area contributed by atoms with E-state index in [1.54, 1.807) is 17.0 Å². The highest BCUT2D eigenvalue weighted by molar-refractivity contribution is 5.98. The van der Waals surface area contributed by atoms with Gasteiger partial charge in [0.2, 0.25) is 11.9 Å². The Balaban J connectivity index is 1.29. The van der Waals surface area contributed by atoms with Crippen LogP contribution in [0.15, 0.2) is 29.0 Å². The van der Waals surface area contributed by atoms with Gasteiger partial charge in [0, 0.05) is 38.8 Å². The molecular weight excluding hydrogens is 374 g/mol. The number of carbonyl (C=O) groups is 3. The number of carbonyl (C=O) groups excluding carboxylic acids is 3. The molecule has 0 aromatic carbocycles. The van der Waals surface area contributed by atoms with Gasteiger partial charge in [-0.3, -0.25) is 24.6 Å². The van der Waals surface area contributed by atoms with Crippen LogP contribution in [-0.4, -0.2) is 70.1 Å². The number of nitrogens with one attached hydrogen (secondary N) is 1. The number of ketones is 1. The van der Waals surface area contributed by atoms with Gasteiger partial charge in [-0.15, -0.1) is 0 Å². The molecule has 9 nitrogen and oxygen atoms in total. The Morgan fingerprint density at radius 2 is 2.03 bits per heavy atom. The van der Waals surface area contributed by atoms with Crippen LogP contribution in [0.4, 0.5) is 5.95 Å². The zero-order valence-corrected chi connectivity index (χ0v) is 16.3. The van der Waals surface area contributed by atoms with Gasteiger partial charge in [0.25, 0.3) is 5.91 Å². The summed E-state index contributed by atoms with van der Waals surface area (Å²) in [5.41, 5.74) is 1.25. The number of nitrogens with zero attached hydrogens (tertiary/aromatic N) is 4. The van der Waals surface area contributed by atoms with Crippen LogP contribution in [0.2, 0.25) is 0 Å². The Morgan fingerprint density at radius 3 is 2.76 bits per heavy atom. The number of piperazine rings is 1. The molecule has 152 valence electrons. The summed E-state index contributed by atoms with van der Waals surface area (Å²) in [4.78, 5) is 48.9. The highest BCUT2D eigenvalue weighted by Gasteiger charge is 2.26. The first-order valence-corrected chi connectivity index (χ1v) is 9.73. The highest BCUT2D eigenvalue weighted by Crippen LogP contribution is 2.24. The minimum atomic E-state index is -0.217. The smallest absolute Gasteiger partial charge is 0.289 e. The van der Waals surface area contributed by atoms with E-state index in [-0.39, 0.29) is 36.0 Å². The lowest BCUT2D eigenvalue weighted by atomic mass is 9.88. The molecule has 1 atom stereocenters. The maximum absolute atomic E-state index is 12.4. The highest BCUT2D eigenvalue weighted by atomic mass is 16.3. The molecule has 3 heterocycles. The first-order chi connectivity index (χ1) is 14.0. The Bertz CT molecular complexity index is 919. The zero-order chi connectivity index (χ0) is 20.4. The topological polar surface area (TPSA) is 109 Å². The van der Waals surface area contributed by atoms with Crippen molar-refractivity contribution in [1.29, 1.82) is 0 Å². The third kappa shape index (κ3) is 4.34. The van der Waals surface area contributed by atoms with Crippen LogP contribution in [0.5, 0.6) is 0 Å². The average Bonchev–Trinajstić information content (AvgIpc) is 3.22. The van der Waals surface area contributed by atoms with E-state index in [1.807, 2.05) is 11.8 Å². The first-order valence-electron chi connectivity index (χ1n) is 9.73. The molecule has 1 N–H and O–H groups in total. The van der Waals surface area contributed by atoms with E-state index in [4.69, 9.17) is 4.42 Å². The predicted octanol–water partition coefficient (Wildman–Crippen LogP) is 1.23. The van der Waals surface area contributed by atoms with Crippen molar-refractivity contribution >= 4 is 23.5 Å². The molecule has 2 aromatic heterocycles. The van der Waals surface area contributed by atoms with Gasteiger partial charge in [-0.05, 0) is 24.5 Å². The second-order valence-electron chi connectivity index (χ2n) is 7.58. The third-order valence-corrected chi connectivity index (χ3v) is 5.25. The number of aromatic nitrogens is 2. The van der Waals surface area contributed by atoms with Gasteiger partial charge >= 0.3 is 0 Å². The summed E-state index contributed by atoms with van der Waals surface area (Å²) in [6.07, 6.45) is 4.20. The molecule has 1 unspecified atom stereocenters. The summed E-state index contributed by atoms with van der Waals surface area (Å²) < 4.78 is 5.16. The fourth-order valence-corrected chi connectivity index (χ4v) is 3.73. The molecule has 4 rings (SSSR count). The minimum absolute atomic E-state index is 0.0543. The summed E-state index contributed by atoms with van der Waals surface area (Å²) in [7, 11) is 0. The fraction of sp³-hybridized carbons (Fsp3) is 0.450. The summed E-state index contributed by atoms with van der Waals surface area (Å²) in [6.45, 7) is 4.45. The number of fused-ring (bicyclic) bond motifs is 1. The summed E-state index contributed by atoms with van der Waals surface area (Å²) in [5.74, 6) is 0.499. The Labute approximate surface area is 168 Å². The van der Waals surface area contributed by atoms with Crippen LogP contribution in [0.3, 0.4) is 0 Å². The number of Topliss-reactive ketones (excluding diaryl/α,β-unsaturated/α-hetero) is 1. The van der Waals surface area contributed by atoms with E-state index < -0.39 is 0 Å². The second-order valence-corrected chi connectivity index (χ2v) is 7.58. The van der Waals surface area contributed by atoms with Crippen LogP contribution in [0.1, 0.15) is 40.0 Å².